The predicted molar refractivity (Wildman–Crippen MR) is 90.0 cm³/mol. The molecule has 4 nitrogen and oxygen atoms in total. The molecule has 1 amide bonds. The number of likely N-dealkylation sites (N-methyl/N-ethyl adjacent to an activating group) is 1. The van der Waals surface area contributed by atoms with E-state index in [1.54, 1.807) is 6.07 Å². The van der Waals surface area contributed by atoms with Crippen LogP contribution < -0.4 is 10.6 Å². The van der Waals surface area contributed by atoms with Crippen LogP contribution in [0.3, 0.4) is 0 Å². The number of anilines is 2. The van der Waals surface area contributed by atoms with Crippen molar-refractivity contribution in [1.82, 2.24) is 4.90 Å². The van der Waals surface area contributed by atoms with Gasteiger partial charge in [0.25, 0.3) is 5.91 Å². The van der Waals surface area contributed by atoms with E-state index in [1.807, 2.05) is 42.2 Å². The highest BCUT2D eigenvalue weighted by Crippen LogP contribution is 2.26. The first-order valence-electron chi connectivity index (χ1n) is 7.50. The molecule has 0 fully saturated rings. The van der Waals surface area contributed by atoms with E-state index in [0.717, 1.165) is 24.3 Å². The molecule has 2 aromatic rings. The Hall–Kier alpha value is -2.33. The third kappa shape index (κ3) is 2.70. The zero-order valence-electron chi connectivity index (χ0n) is 13.0. The standard InChI is InChI=1S/C18H21N3O/c1-13-11-14(7-8-16(13)19)18(22)21-10-9-20(2)12-15-5-3-4-6-17(15)21/h3-8,11H,9-10,12,19H2,1-2H3. The number of fused-ring (bicyclic) bond motifs is 1. The molecular formula is C18H21N3O. The van der Waals surface area contributed by atoms with Crippen molar-refractivity contribution in [2.24, 2.45) is 0 Å². The van der Waals surface area contributed by atoms with Crippen molar-refractivity contribution in [1.29, 1.82) is 0 Å². The van der Waals surface area contributed by atoms with Crippen LogP contribution in [0.4, 0.5) is 11.4 Å². The lowest BCUT2D eigenvalue weighted by atomic mass is 10.1. The van der Waals surface area contributed by atoms with Gasteiger partial charge < -0.3 is 15.5 Å². The number of rotatable bonds is 1. The van der Waals surface area contributed by atoms with Crippen molar-refractivity contribution in [2.75, 3.05) is 30.8 Å². The number of amides is 1. The summed E-state index contributed by atoms with van der Waals surface area (Å²) in [4.78, 5) is 17.1. The molecule has 22 heavy (non-hydrogen) atoms. The van der Waals surface area contributed by atoms with Crippen LogP contribution >= 0.6 is 0 Å². The maximum absolute atomic E-state index is 13.0. The average molecular weight is 295 g/mol. The molecule has 0 aliphatic carbocycles. The van der Waals surface area contributed by atoms with Crippen molar-refractivity contribution in [3.8, 4) is 0 Å². The summed E-state index contributed by atoms with van der Waals surface area (Å²) in [7, 11) is 2.08. The number of carbonyl (C=O) groups excluding carboxylic acids is 1. The Balaban J connectivity index is 1.99. The second-order valence-electron chi connectivity index (χ2n) is 5.89. The predicted octanol–water partition coefficient (Wildman–Crippen LogP) is 2.67. The van der Waals surface area contributed by atoms with E-state index >= 15 is 0 Å². The fourth-order valence-corrected chi connectivity index (χ4v) is 2.84. The van der Waals surface area contributed by atoms with Gasteiger partial charge in [-0.2, -0.15) is 0 Å². The molecule has 1 aliphatic heterocycles. The molecular weight excluding hydrogens is 274 g/mol. The first-order valence-corrected chi connectivity index (χ1v) is 7.50. The van der Waals surface area contributed by atoms with Gasteiger partial charge in [0.2, 0.25) is 0 Å². The molecule has 0 radical (unpaired) electrons. The van der Waals surface area contributed by atoms with Crippen LogP contribution in [0.5, 0.6) is 0 Å². The number of carbonyl (C=O) groups is 1. The Morgan fingerprint density at radius 1 is 1.14 bits per heavy atom. The Kier molecular flexibility index (Phi) is 3.86. The first-order chi connectivity index (χ1) is 10.6. The van der Waals surface area contributed by atoms with E-state index in [1.165, 1.54) is 5.56 Å². The SMILES string of the molecule is Cc1cc(C(=O)N2CCN(C)Cc3ccccc32)ccc1N. The summed E-state index contributed by atoms with van der Waals surface area (Å²) < 4.78 is 0. The second-order valence-corrected chi connectivity index (χ2v) is 5.89. The largest absolute Gasteiger partial charge is 0.399 e. The molecule has 1 aliphatic rings. The summed E-state index contributed by atoms with van der Waals surface area (Å²) in [5, 5.41) is 0. The fraction of sp³-hybridized carbons (Fsp3) is 0.278. The van der Waals surface area contributed by atoms with Crippen molar-refractivity contribution in [2.45, 2.75) is 13.5 Å². The van der Waals surface area contributed by atoms with Crippen LogP contribution in [0.1, 0.15) is 21.5 Å². The van der Waals surface area contributed by atoms with Gasteiger partial charge in [0.05, 0.1) is 0 Å². The molecule has 0 saturated carbocycles. The van der Waals surface area contributed by atoms with Crippen LogP contribution in [0.2, 0.25) is 0 Å². The molecule has 2 aromatic carbocycles. The average Bonchev–Trinajstić information content (AvgIpc) is 2.67. The molecule has 0 aromatic heterocycles. The Morgan fingerprint density at radius 3 is 2.68 bits per heavy atom. The first kappa shape index (κ1) is 14.6. The maximum Gasteiger partial charge on any atom is 0.258 e. The summed E-state index contributed by atoms with van der Waals surface area (Å²) in [5.74, 6) is 0.0332. The van der Waals surface area contributed by atoms with Gasteiger partial charge in [0, 0.05) is 36.6 Å². The Bertz CT molecular complexity index is 711. The highest BCUT2D eigenvalue weighted by atomic mass is 16.2. The lowest BCUT2D eigenvalue weighted by Crippen LogP contribution is -2.35. The second kappa shape index (κ2) is 5.81. The molecule has 0 saturated heterocycles. The van der Waals surface area contributed by atoms with Crippen LogP contribution in [0.15, 0.2) is 42.5 Å². The molecule has 0 unspecified atom stereocenters. The van der Waals surface area contributed by atoms with E-state index < -0.39 is 0 Å². The number of nitrogen functional groups attached to an aromatic ring is 1. The zero-order valence-corrected chi connectivity index (χ0v) is 13.0. The number of hydrogen-bond acceptors (Lipinski definition) is 3. The Morgan fingerprint density at radius 2 is 1.91 bits per heavy atom. The van der Waals surface area contributed by atoms with Gasteiger partial charge in [-0.3, -0.25) is 4.79 Å². The van der Waals surface area contributed by atoms with Crippen molar-refractivity contribution in [3.63, 3.8) is 0 Å². The van der Waals surface area contributed by atoms with Crippen LogP contribution in [-0.2, 0) is 6.54 Å². The quantitative estimate of drug-likeness (QED) is 0.823. The van der Waals surface area contributed by atoms with Crippen LogP contribution in [0, 0.1) is 6.92 Å². The molecule has 3 rings (SSSR count). The number of nitrogens with zero attached hydrogens (tertiary/aromatic N) is 2. The van der Waals surface area contributed by atoms with Gasteiger partial charge in [0.15, 0.2) is 0 Å². The minimum Gasteiger partial charge on any atom is -0.399 e. The summed E-state index contributed by atoms with van der Waals surface area (Å²) >= 11 is 0. The van der Waals surface area contributed by atoms with E-state index in [9.17, 15) is 4.79 Å². The molecule has 0 atom stereocenters. The summed E-state index contributed by atoms with van der Waals surface area (Å²) in [6.07, 6.45) is 0. The normalized spacial score (nSPS) is 15.3. The lowest BCUT2D eigenvalue weighted by molar-refractivity contribution is 0.0986. The zero-order chi connectivity index (χ0) is 15.7. The third-order valence-electron chi connectivity index (χ3n) is 4.19. The monoisotopic (exact) mass is 295 g/mol. The Labute approximate surface area is 131 Å². The van der Waals surface area contributed by atoms with Gasteiger partial charge in [0.1, 0.15) is 0 Å². The number of nitrogens with two attached hydrogens (primary N) is 1. The number of hydrogen-bond donors (Lipinski definition) is 1. The molecule has 0 bridgehead atoms. The van der Waals surface area contributed by atoms with Crippen LogP contribution in [0.25, 0.3) is 0 Å². The van der Waals surface area contributed by atoms with Crippen molar-refractivity contribution < 1.29 is 4.79 Å². The smallest absolute Gasteiger partial charge is 0.258 e. The van der Waals surface area contributed by atoms with E-state index in [-0.39, 0.29) is 5.91 Å². The van der Waals surface area contributed by atoms with Gasteiger partial charge in [-0.25, -0.2) is 0 Å². The van der Waals surface area contributed by atoms with Gasteiger partial charge in [-0.1, -0.05) is 18.2 Å². The molecule has 1 heterocycles. The highest BCUT2D eigenvalue weighted by molar-refractivity contribution is 6.06. The van der Waals surface area contributed by atoms with Gasteiger partial charge in [-0.05, 0) is 49.4 Å². The topological polar surface area (TPSA) is 49.6 Å². The maximum atomic E-state index is 13.0. The van der Waals surface area contributed by atoms with E-state index in [0.29, 0.717) is 17.8 Å². The summed E-state index contributed by atoms with van der Waals surface area (Å²) in [6, 6.07) is 13.6. The molecule has 114 valence electrons. The van der Waals surface area contributed by atoms with E-state index in [2.05, 4.69) is 18.0 Å². The third-order valence-corrected chi connectivity index (χ3v) is 4.19. The number of aryl methyl sites for hydroxylation is 1. The minimum absolute atomic E-state index is 0.0332. The van der Waals surface area contributed by atoms with Crippen LogP contribution in [-0.4, -0.2) is 30.9 Å². The minimum atomic E-state index is 0.0332. The fourth-order valence-electron chi connectivity index (χ4n) is 2.84. The lowest BCUT2D eigenvalue weighted by Gasteiger charge is -2.23. The molecule has 4 heteroatoms. The van der Waals surface area contributed by atoms with Crippen molar-refractivity contribution >= 4 is 17.3 Å². The molecule has 0 spiro atoms. The number of benzene rings is 2. The highest BCUT2D eigenvalue weighted by Gasteiger charge is 2.23. The summed E-state index contributed by atoms with van der Waals surface area (Å²) in [5.41, 5.74) is 10.4. The van der Waals surface area contributed by atoms with Crippen molar-refractivity contribution in [3.05, 3.63) is 59.2 Å². The van der Waals surface area contributed by atoms with E-state index in [4.69, 9.17) is 5.73 Å². The number of para-hydroxylation sites is 1. The summed E-state index contributed by atoms with van der Waals surface area (Å²) in [6.45, 7) is 4.33. The van der Waals surface area contributed by atoms with Gasteiger partial charge >= 0.3 is 0 Å². The molecule has 2 N–H and O–H groups in total. The van der Waals surface area contributed by atoms with Gasteiger partial charge in [-0.15, -0.1) is 0 Å².